The van der Waals surface area contributed by atoms with Gasteiger partial charge in [-0.25, -0.2) is 13.2 Å². The van der Waals surface area contributed by atoms with Crippen molar-refractivity contribution >= 4 is 21.6 Å². The van der Waals surface area contributed by atoms with Crippen LogP contribution in [0.4, 0.5) is 18.9 Å². The fourth-order valence-corrected chi connectivity index (χ4v) is 1.41. The van der Waals surface area contributed by atoms with E-state index < -0.39 is 17.9 Å². The smallest absolute Gasteiger partial charge is 0.280 e. The Bertz CT molecular complexity index is 317. The summed E-state index contributed by atoms with van der Waals surface area (Å²) in [5.74, 6) is -0.831. The van der Waals surface area contributed by atoms with Gasteiger partial charge in [0.2, 0.25) is 0 Å². The predicted molar refractivity (Wildman–Crippen MR) is 46.2 cm³/mol. The third kappa shape index (κ3) is 1.93. The molecule has 13 heavy (non-hydrogen) atoms. The minimum absolute atomic E-state index is 0.0312. The van der Waals surface area contributed by atoms with Crippen LogP contribution in [-0.2, 0) is 5.33 Å². The number of nitrogen functional groups attached to an aromatic ring is 1. The van der Waals surface area contributed by atoms with E-state index in [0.29, 0.717) is 0 Å². The Hall–Kier alpha value is -0.780. The largest absolute Gasteiger partial charge is 0.395 e. The molecule has 0 unspecified atom stereocenters. The van der Waals surface area contributed by atoms with Gasteiger partial charge in [-0.05, 0) is 0 Å². The van der Waals surface area contributed by atoms with Crippen LogP contribution in [0.1, 0.15) is 17.7 Å². The van der Waals surface area contributed by atoms with Crippen LogP contribution in [-0.4, -0.2) is 4.98 Å². The van der Waals surface area contributed by atoms with Crippen molar-refractivity contribution in [3.8, 4) is 0 Å². The first-order valence-corrected chi connectivity index (χ1v) is 4.47. The van der Waals surface area contributed by atoms with Crippen LogP contribution in [0.3, 0.4) is 0 Å². The molecule has 0 saturated carbocycles. The lowest BCUT2D eigenvalue weighted by Gasteiger charge is -2.07. The van der Waals surface area contributed by atoms with Gasteiger partial charge in [0.1, 0.15) is 5.69 Å². The summed E-state index contributed by atoms with van der Waals surface area (Å²) in [5.41, 5.74) is 4.19. The number of alkyl halides is 3. The Morgan fingerprint density at radius 1 is 1.54 bits per heavy atom. The molecule has 0 fully saturated rings. The third-order valence-electron chi connectivity index (χ3n) is 1.51. The number of nitrogens with two attached hydrogens (primary N) is 1. The fourth-order valence-electron chi connectivity index (χ4n) is 0.876. The first-order chi connectivity index (χ1) is 6.07. The van der Waals surface area contributed by atoms with Gasteiger partial charge in [0.15, 0.2) is 5.82 Å². The lowest BCUT2D eigenvalue weighted by atomic mass is 10.2. The van der Waals surface area contributed by atoms with Gasteiger partial charge in [-0.15, -0.1) is 0 Å². The molecule has 1 heterocycles. The highest BCUT2D eigenvalue weighted by atomic mass is 79.9. The maximum atomic E-state index is 13.1. The Balaban J connectivity index is 3.30. The predicted octanol–water partition coefficient (Wildman–Crippen LogP) is 2.64. The summed E-state index contributed by atoms with van der Waals surface area (Å²) in [5, 5.41) is -0.0312. The average molecular weight is 255 g/mol. The second kappa shape index (κ2) is 3.95. The second-order valence-corrected chi connectivity index (χ2v) is 2.89. The van der Waals surface area contributed by atoms with E-state index in [1.807, 2.05) is 0 Å². The van der Waals surface area contributed by atoms with Crippen molar-refractivity contribution in [3.05, 3.63) is 23.3 Å². The molecule has 1 rings (SSSR count). The summed E-state index contributed by atoms with van der Waals surface area (Å²) in [6.07, 6.45) is -1.90. The standard InChI is InChI=1S/C7H6BrF3N2/c8-1-3-5(9)4(12)2-13-6(3)7(10)11/h2,7H,1,12H2. The Morgan fingerprint density at radius 3 is 2.62 bits per heavy atom. The van der Waals surface area contributed by atoms with Crippen LogP contribution in [0.2, 0.25) is 0 Å². The molecule has 1 aromatic heterocycles. The highest BCUT2D eigenvalue weighted by Gasteiger charge is 2.19. The van der Waals surface area contributed by atoms with Crippen LogP contribution >= 0.6 is 15.9 Å². The quantitative estimate of drug-likeness (QED) is 0.825. The van der Waals surface area contributed by atoms with Crippen LogP contribution in [0.15, 0.2) is 6.20 Å². The normalized spacial score (nSPS) is 10.8. The fraction of sp³-hybridized carbons (Fsp3) is 0.286. The molecule has 0 atom stereocenters. The molecule has 1 aromatic rings. The maximum absolute atomic E-state index is 13.1. The molecule has 0 aliphatic rings. The van der Waals surface area contributed by atoms with Gasteiger partial charge in [0.05, 0.1) is 11.9 Å². The number of rotatable bonds is 2. The zero-order chi connectivity index (χ0) is 10.0. The first-order valence-electron chi connectivity index (χ1n) is 3.34. The number of hydrogen-bond acceptors (Lipinski definition) is 2. The highest BCUT2D eigenvalue weighted by Crippen LogP contribution is 2.26. The molecule has 0 spiro atoms. The molecule has 0 radical (unpaired) electrons. The number of halogens is 4. The molecule has 0 bridgehead atoms. The SMILES string of the molecule is Nc1cnc(C(F)F)c(CBr)c1F. The van der Waals surface area contributed by atoms with Gasteiger partial charge in [0.25, 0.3) is 6.43 Å². The van der Waals surface area contributed by atoms with Crippen LogP contribution in [0.5, 0.6) is 0 Å². The molecule has 72 valence electrons. The van der Waals surface area contributed by atoms with Gasteiger partial charge < -0.3 is 5.73 Å². The lowest BCUT2D eigenvalue weighted by molar-refractivity contribution is 0.144. The van der Waals surface area contributed by atoms with Crippen molar-refractivity contribution in [1.29, 1.82) is 0 Å². The van der Waals surface area contributed by atoms with E-state index in [4.69, 9.17) is 5.73 Å². The summed E-state index contributed by atoms with van der Waals surface area (Å²) in [6.45, 7) is 0. The van der Waals surface area contributed by atoms with Crippen molar-refractivity contribution < 1.29 is 13.2 Å². The van der Waals surface area contributed by atoms with Gasteiger partial charge in [-0.2, -0.15) is 0 Å². The van der Waals surface area contributed by atoms with Crippen molar-refractivity contribution in [3.63, 3.8) is 0 Å². The maximum Gasteiger partial charge on any atom is 0.280 e. The first kappa shape index (κ1) is 10.3. The molecule has 2 N–H and O–H groups in total. The number of hydrogen-bond donors (Lipinski definition) is 1. The van der Waals surface area contributed by atoms with Crippen LogP contribution < -0.4 is 5.73 Å². The van der Waals surface area contributed by atoms with E-state index in [9.17, 15) is 13.2 Å². The molecular weight excluding hydrogens is 249 g/mol. The number of pyridine rings is 1. The second-order valence-electron chi connectivity index (χ2n) is 2.33. The van der Waals surface area contributed by atoms with Crippen LogP contribution in [0.25, 0.3) is 0 Å². The molecule has 0 saturated heterocycles. The van der Waals surface area contributed by atoms with Crippen molar-refractivity contribution in [1.82, 2.24) is 4.98 Å². The van der Waals surface area contributed by atoms with Gasteiger partial charge in [-0.1, -0.05) is 15.9 Å². The highest BCUT2D eigenvalue weighted by molar-refractivity contribution is 9.08. The van der Waals surface area contributed by atoms with Crippen molar-refractivity contribution in [2.24, 2.45) is 0 Å². The van der Waals surface area contributed by atoms with E-state index in [2.05, 4.69) is 20.9 Å². The molecule has 2 nitrogen and oxygen atoms in total. The molecule has 0 aliphatic heterocycles. The van der Waals surface area contributed by atoms with E-state index in [-0.39, 0.29) is 16.6 Å². The molecule has 0 aliphatic carbocycles. The van der Waals surface area contributed by atoms with Gasteiger partial charge in [0, 0.05) is 10.9 Å². The zero-order valence-corrected chi connectivity index (χ0v) is 7.98. The Kier molecular flexibility index (Phi) is 3.13. The molecule has 0 amide bonds. The average Bonchev–Trinajstić information content (AvgIpc) is 2.09. The minimum Gasteiger partial charge on any atom is -0.395 e. The summed E-state index contributed by atoms with van der Waals surface area (Å²) in [6, 6.07) is 0. The number of aromatic nitrogens is 1. The molecular formula is C7H6BrF3N2. The number of nitrogens with zero attached hydrogens (tertiary/aromatic N) is 1. The van der Waals surface area contributed by atoms with E-state index in [1.165, 1.54) is 0 Å². The minimum atomic E-state index is -2.79. The summed E-state index contributed by atoms with van der Waals surface area (Å²) in [4.78, 5) is 3.36. The van der Waals surface area contributed by atoms with E-state index in [0.717, 1.165) is 6.20 Å². The van der Waals surface area contributed by atoms with Gasteiger partial charge >= 0.3 is 0 Å². The van der Waals surface area contributed by atoms with Crippen molar-refractivity contribution in [2.75, 3.05) is 5.73 Å². The van der Waals surface area contributed by atoms with E-state index >= 15 is 0 Å². The van der Waals surface area contributed by atoms with Crippen molar-refractivity contribution in [2.45, 2.75) is 11.8 Å². The monoisotopic (exact) mass is 254 g/mol. The number of anilines is 1. The Morgan fingerprint density at radius 2 is 2.15 bits per heavy atom. The molecule has 0 aromatic carbocycles. The van der Waals surface area contributed by atoms with Crippen LogP contribution in [0, 0.1) is 5.82 Å². The summed E-state index contributed by atoms with van der Waals surface area (Å²) in [7, 11) is 0. The molecule has 6 heteroatoms. The van der Waals surface area contributed by atoms with E-state index in [1.54, 1.807) is 0 Å². The van der Waals surface area contributed by atoms with Gasteiger partial charge in [-0.3, -0.25) is 4.98 Å². The lowest BCUT2D eigenvalue weighted by Crippen LogP contribution is -2.03. The topological polar surface area (TPSA) is 38.9 Å². The summed E-state index contributed by atoms with van der Waals surface area (Å²) < 4.78 is 37.6. The summed E-state index contributed by atoms with van der Waals surface area (Å²) >= 11 is 2.89. The Labute approximate surface area is 81.1 Å². The third-order valence-corrected chi connectivity index (χ3v) is 2.07. The zero-order valence-electron chi connectivity index (χ0n) is 6.40.